The molecule has 0 aliphatic carbocycles. The van der Waals surface area contributed by atoms with Crippen LogP contribution in [0.25, 0.3) is 0 Å². The summed E-state index contributed by atoms with van der Waals surface area (Å²) < 4.78 is 36.5. The van der Waals surface area contributed by atoms with Crippen LogP contribution in [0.4, 0.5) is 0 Å². The molecule has 0 heterocycles. The van der Waals surface area contributed by atoms with E-state index < -0.39 is 21.8 Å². The van der Waals surface area contributed by atoms with Crippen LogP contribution in [0, 0.1) is 5.92 Å². The first-order chi connectivity index (χ1) is 9.85. The van der Waals surface area contributed by atoms with Crippen LogP contribution >= 0.6 is 11.8 Å². The first-order valence-corrected chi connectivity index (χ1v) is 9.01. The summed E-state index contributed by atoms with van der Waals surface area (Å²) in [5.41, 5.74) is 0. The molecule has 1 rings (SSSR count). The van der Waals surface area contributed by atoms with Gasteiger partial charge in [-0.3, -0.25) is 4.79 Å². The Labute approximate surface area is 129 Å². The number of hydrogen-bond acceptors (Lipinski definition) is 6. The van der Waals surface area contributed by atoms with Gasteiger partial charge < -0.3 is 9.47 Å². The molecule has 0 aliphatic heterocycles. The van der Waals surface area contributed by atoms with E-state index in [-0.39, 0.29) is 10.6 Å². The Morgan fingerprint density at radius 2 is 1.90 bits per heavy atom. The quantitative estimate of drug-likeness (QED) is 0.814. The van der Waals surface area contributed by atoms with Crippen molar-refractivity contribution in [3.8, 4) is 11.5 Å². The normalized spacial score (nSPS) is 12.6. The summed E-state index contributed by atoms with van der Waals surface area (Å²) in [7, 11) is -1.06. The van der Waals surface area contributed by atoms with Gasteiger partial charge in [-0.25, -0.2) is 13.1 Å². The van der Waals surface area contributed by atoms with Crippen LogP contribution in [0.5, 0.6) is 11.5 Å². The van der Waals surface area contributed by atoms with Gasteiger partial charge in [0.15, 0.2) is 11.5 Å². The highest BCUT2D eigenvalue weighted by molar-refractivity contribution is 7.98. The van der Waals surface area contributed by atoms with Crippen molar-refractivity contribution in [1.29, 1.82) is 0 Å². The summed E-state index contributed by atoms with van der Waals surface area (Å²) in [5, 5.41) is 0. The van der Waals surface area contributed by atoms with Gasteiger partial charge in [-0.15, -0.1) is 0 Å². The molecule has 6 nitrogen and oxygen atoms in total. The standard InChI is InChI=1S/C13H19NO5S2/c1-9(8-20-4)13(15)14-21(16,17)10-5-6-11(18-2)12(7-10)19-3/h5-7,9H,8H2,1-4H3,(H,14,15). The van der Waals surface area contributed by atoms with Crippen LogP contribution in [-0.2, 0) is 14.8 Å². The highest BCUT2D eigenvalue weighted by Gasteiger charge is 2.22. The second kappa shape index (κ2) is 7.56. The molecular weight excluding hydrogens is 314 g/mol. The van der Waals surface area contributed by atoms with Gasteiger partial charge >= 0.3 is 0 Å². The molecule has 0 spiro atoms. The SMILES string of the molecule is COc1ccc(S(=O)(=O)NC(=O)C(C)CSC)cc1OC. The zero-order valence-electron chi connectivity index (χ0n) is 12.4. The van der Waals surface area contributed by atoms with Crippen LogP contribution in [-0.4, -0.2) is 40.6 Å². The molecule has 8 heteroatoms. The molecular formula is C13H19NO5S2. The highest BCUT2D eigenvalue weighted by Crippen LogP contribution is 2.29. The molecule has 1 N–H and O–H groups in total. The average molecular weight is 333 g/mol. The predicted molar refractivity (Wildman–Crippen MR) is 82.4 cm³/mol. The number of rotatable bonds is 7. The molecule has 0 aliphatic rings. The molecule has 0 fully saturated rings. The topological polar surface area (TPSA) is 81.7 Å². The monoisotopic (exact) mass is 333 g/mol. The van der Waals surface area contributed by atoms with Gasteiger partial charge in [0.1, 0.15) is 0 Å². The number of nitrogens with one attached hydrogen (secondary N) is 1. The number of thioether (sulfide) groups is 1. The average Bonchev–Trinajstić information content (AvgIpc) is 2.46. The van der Waals surface area contributed by atoms with E-state index in [1.165, 1.54) is 44.2 Å². The second-order valence-corrected chi connectivity index (χ2v) is 6.94. The first kappa shape index (κ1) is 17.6. The van der Waals surface area contributed by atoms with Crippen molar-refractivity contribution in [1.82, 2.24) is 4.72 Å². The van der Waals surface area contributed by atoms with E-state index in [0.29, 0.717) is 11.5 Å². The summed E-state index contributed by atoms with van der Waals surface area (Å²) in [6.45, 7) is 1.68. The summed E-state index contributed by atoms with van der Waals surface area (Å²) in [6, 6.07) is 4.15. The van der Waals surface area contributed by atoms with E-state index in [1.54, 1.807) is 6.92 Å². The van der Waals surface area contributed by atoms with Crippen molar-refractivity contribution in [2.45, 2.75) is 11.8 Å². The smallest absolute Gasteiger partial charge is 0.264 e. The van der Waals surface area contributed by atoms with Crippen molar-refractivity contribution in [2.24, 2.45) is 5.92 Å². The number of methoxy groups -OCH3 is 2. The van der Waals surface area contributed by atoms with Crippen LogP contribution in [0.2, 0.25) is 0 Å². The molecule has 0 radical (unpaired) electrons. The predicted octanol–water partition coefficient (Wildman–Crippen LogP) is 1.51. The summed E-state index contributed by atoms with van der Waals surface area (Å²) in [5.74, 6) is 0.324. The molecule has 1 aromatic rings. The number of carbonyl (C=O) groups excluding carboxylic acids is 1. The Hall–Kier alpha value is -1.41. The molecule has 1 amide bonds. The fraction of sp³-hybridized carbons (Fsp3) is 0.462. The van der Waals surface area contributed by atoms with Crippen molar-refractivity contribution in [3.05, 3.63) is 18.2 Å². The number of benzene rings is 1. The second-order valence-electron chi connectivity index (χ2n) is 4.34. The maximum absolute atomic E-state index is 12.2. The van der Waals surface area contributed by atoms with Gasteiger partial charge in [0.05, 0.1) is 19.1 Å². The van der Waals surface area contributed by atoms with Crippen LogP contribution < -0.4 is 14.2 Å². The minimum atomic E-state index is -3.92. The van der Waals surface area contributed by atoms with Gasteiger partial charge in [0, 0.05) is 17.7 Å². The van der Waals surface area contributed by atoms with Gasteiger partial charge in [-0.05, 0) is 18.4 Å². The lowest BCUT2D eigenvalue weighted by Gasteiger charge is -2.13. The lowest BCUT2D eigenvalue weighted by atomic mass is 10.2. The van der Waals surface area contributed by atoms with Gasteiger partial charge in [0.25, 0.3) is 10.0 Å². The summed E-state index contributed by atoms with van der Waals surface area (Å²) in [4.78, 5) is 11.8. The van der Waals surface area contributed by atoms with Gasteiger partial charge in [0.2, 0.25) is 5.91 Å². The Balaban J connectivity index is 3.00. The van der Waals surface area contributed by atoms with Gasteiger partial charge in [-0.2, -0.15) is 11.8 Å². The molecule has 0 bridgehead atoms. The molecule has 0 saturated carbocycles. The van der Waals surface area contributed by atoms with Crippen molar-refractivity contribution < 1.29 is 22.7 Å². The summed E-state index contributed by atoms with van der Waals surface area (Å²) >= 11 is 1.48. The summed E-state index contributed by atoms with van der Waals surface area (Å²) in [6.07, 6.45) is 1.85. The van der Waals surface area contributed by atoms with Crippen LogP contribution in [0.15, 0.2) is 23.1 Å². The van der Waals surface area contributed by atoms with Crippen molar-refractivity contribution in [2.75, 3.05) is 26.2 Å². The maximum Gasteiger partial charge on any atom is 0.264 e. The largest absolute Gasteiger partial charge is 0.493 e. The van der Waals surface area contributed by atoms with E-state index >= 15 is 0 Å². The Bertz CT molecular complexity index is 601. The Morgan fingerprint density at radius 1 is 1.29 bits per heavy atom. The molecule has 1 atom stereocenters. The van der Waals surface area contributed by atoms with E-state index in [2.05, 4.69) is 4.72 Å². The minimum absolute atomic E-state index is 0.0511. The number of sulfonamides is 1. The molecule has 1 unspecified atom stereocenters. The zero-order chi connectivity index (χ0) is 16.0. The van der Waals surface area contributed by atoms with E-state index in [4.69, 9.17) is 9.47 Å². The first-order valence-electron chi connectivity index (χ1n) is 6.13. The number of amides is 1. The van der Waals surface area contributed by atoms with Crippen LogP contribution in [0.1, 0.15) is 6.92 Å². The third-order valence-corrected chi connectivity index (χ3v) is 4.94. The van der Waals surface area contributed by atoms with Crippen molar-refractivity contribution in [3.63, 3.8) is 0 Å². The van der Waals surface area contributed by atoms with E-state index in [9.17, 15) is 13.2 Å². The highest BCUT2D eigenvalue weighted by atomic mass is 32.2. The van der Waals surface area contributed by atoms with E-state index in [0.717, 1.165) is 0 Å². The maximum atomic E-state index is 12.2. The molecule has 0 saturated heterocycles. The van der Waals surface area contributed by atoms with Crippen LogP contribution in [0.3, 0.4) is 0 Å². The fourth-order valence-electron chi connectivity index (χ4n) is 1.60. The molecule has 21 heavy (non-hydrogen) atoms. The zero-order valence-corrected chi connectivity index (χ0v) is 14.0. The lowest BCUT2D eigenvalue weighted by Crippen LogP contribution is -2.35. The third kappa shape index (κ3) is 4.53. The molecule has 1 aromatic carbocycles. The van der Waals surface area contributed by atoms with Gasteiger partial charge in [-0.1, -0.05) is 6.92 Å². The minimum Gasteiger partial charge on any atom is -0.493 e. The third-order valence-electron chi connectivity index (χ3n) is 2.76. The number of ether oxygens (including phenoxy) is 2. The van der Waals surface area contributed by atoms with E-state index in [1.807, 2.05) is 6.26 Å². The number of carbonyl (C=O) groups is 1. The molecule has 0 aromatic heterocycles. The molecule has 118 valence electrons. The Morgan fingerprint density at radius 3 is 2.43 bits per heavy atom. The number of hydrogen-bond donors (Lipinski definition) is 1. The van der Waals surface area contributed by atoms with Crippen molar-refractivity contribution >= 4 is 27.7 Å². The Kier molecular flexibility index (Phi) is 6.35. The fourth-order valence-corrected chi connectivity index (χ4v) is 3.35. The lowest BCUT2D eigenvalue weighted by molar-refractivity contribution is -0.122.